The van der Waals surface area contributed by atoms with Crippen LogP contribution in [0.15, 0.2) is 24.3 Å². The van der Waals surface area contributed by atoms with Crippen molar-refractivity contribution in [1.82, 2.24) is 15.5 Å². The van der Waals surface area contributed by atoms with Crippen molar-refractivity contribution < 1.29 is 9.59 Å². The largest absolute Gasteiger partial charge is 0.384 e. The normalized spacial score (nSPS) is 16.0. The molecule has 1 aromatic rings. The van der Waals surface area contributed by atoms with E-state index >= 15 is 0 Å². The minimum atomic E-state index is -0.160. The lowest BCUT2D eigenvalue weighted by molar-refractivity contribution is -0.122. The number of carbonyl (C=O) groups is 2. The summed E-state index contributed by atoms with van der Waals surface area (Å²) in [5, 5.41) is 8.77. The molecule has 6 nitrogen and oxygen atoms in total. The lowest BCUT2D eigenvalue weighted by atomic mass is 10.0. The Bertz CT molecular complexity index is 502. The maximum absolute atomic E-state index is 12.1. The highest BCUT2D eigenvalue weighted by molar-refractivity contribution is 5.88. The number of amides is 3. The molecular formula is C14H20N4O2. The van der Waals surface area contributed by atoms with Gasteiger partial charge in [-0.2, -0.15) is 0 Å². The second kappa shape index (κ2) is 6.27. The summed E-state index contributed by atoms with van der Waals surface area (Å²) in [6.45, 7) is 1.47. The number of benzene rings is 1. The van der Waals surface area contributed by atoms with Gasteiger partial charge in [0.25, 0.3) is 0 Å². The molecule has 0 saturated heterocycles. The summed E-state index contributed by atoms with van der Waals surface area (Å²) in [6, 6.07) is 7.66. The highest BCUT2D eigenvalue weighted by Gasteiger charge is 2.27. The number of fused-ring (bicyclic) bond motifs is 1. The number of rotatable bonds is 4. The molecule has 0 bridgehead atoms. The molecule has 1 heterocycles. The van der Waals surface area contributed by atoms with Crippen molar-refractivity contribution in [3.05, 3.63) is 29.8 Å². The van der Waals surface area contributed by atoms with Gasteiger partial charge in [0.1, 0.15) is 0 Å². The van der Waals surface area contributed by atoms with Gasteiger partial charge in [0.15, 0.2) is 0 Å². The Labute approximate surface area is 118 Å². The van der Waals surface area contributed by atoms with Crippen LogP contribution in [0.1, 0.15) is 11.5 Å². The van der Waals surface area contributed by atoms with Crippen molar-refractivity contribution in [3.8, 4) is 0 Å². The van der Waals surface area contributed by atoms with Gasteiger partial charge in [-0.05, 0) is 11.6 Å². The fraction of sp³-hybridized carbons (Fsp3) is 0.429. The standard InChI is InChI=1S/C14H20N4O2/c1-18(2)14(20)16-8-7-15-13(19)11-9-17-12-6-4-3-5-10(11)12/h3-6,11,17H,7-9H2,1-2H3,(H,15,19)(H,16,20). The Morgan fingerprint density at radius 2 is 1.95 bits per heavy atom. The van der Waals surface area contributed by atoms with Crippen molar-refractivity contribution in [2.75, 3.05) is 39.0 Å². The smallest absolute Gasteiger partial charge is 0.316 e. The lowest BCUT2D eigenvalue weighted by Gasteiger charge is -2.14. The van der Waals surface area contributed by atoms with E-state index in [0.717, 1.165) is 11.3 Å². The van der Waals surface area contributed by atoms with E-state index in [-0.39, 0.29) is 17.9 Å². The molecular weight excluding hydrogens is 256 g/mol. The number of urea groups is 1. The number of nitrogens with zero attached hydrogens (tertiary/aromatic N) is 1. The topological polar surface area (TPSA) is 73.5 Å². The third kappa shape index (κ3) is 3.20. The second-order valence-electron chi connectivity index (χ2n) is 4.94. The molecule has 0 spiro atoms. The molecule has 0 saturated carbocycles. The van der Waals surface area contributed by atoms with Crippen LogP contribution in [0.5, 0.6) is 0 Å². The van der Waals surface area contributed by atoms with Crippen LogP contribution in [0.2, 0.25) is 0 Å². The molecule has 0 radical (unpaired) electrons. The number of nitrogens with one attached hydrogen (secondary N) is 3. The minimum Gasteiger partial charge on any atom is -0.384 e. The summed E-state index contributed by atoms with van der Waals surface area (Å²) in [5.74, 6) is -0.169. The molecule has 1 unspecified atom stereocenters. The van der Waals surface area contributed by atoms with Gasteiger partial charge < -0.3 is 20.9 Å². The predicted molar refractivity (Wildman–Crippen MR) is 77.8 cm³/mol. The van der Waals surface area contributed by atoms with Crippen LogP contribution in [0.3, 0.4) is 0 Å². The van der Waals surface area contributed by atoms with Gasteiger partial charge in [-0.1, -0.05) is 18.2 Å². The minimum absolute atomic E-state index is 0.0125. The first kappa shape index (κ1) is 14.2. The monoisotopic (exact) mass is 276 g/mol. The predicted octanol–water partition coefficient (Wildman–Crippen LogP) is 0.583. The third-order valence-corrected chi connectivity index (χ3v) is 3.26. The highest BCUT2D eigenvalue weighted by Crippen LogP contribution is 2.30. The molecule has 1 aromatic carbocycles. The third-order valence-electron chi connectivity index (χ3n) is 3.26. The molecule has 20 heavy (non-hydrogen) atoms. The van der Waals surface area contributed by atoms with Crippen LogP contribution in [-0.4, -0.2) is 50.6 Å². The molecule has 108 valence electrons. The van der Waals surface area contributed by atoms with Crippen molar-refractivity contribution in [2.45, 2.75) is 5.92 Å². The van der Waals surface area contributed by atoms with Crippen molar-refractivity contribution in [3.63, 3.8) is 0 Å². The van der Waals surface area contributed by atoms with Crippen molar-refractivity contribution in [1.29, 1.82) is 0 Å². The first-order valence-corrected chi connectivity index (χ1v) is 6.65. The quantitative estimate of drug-likeness (QED) is 0.704. The van der Waals surface area contributed by atoms with Gasteiger partial charge in [0.05, 0.1) is 5.92 Å². The van der Waals surface area contributed by atoms with E-state index in [1.54, 1.807) is 14.1 Å². The van der Waals surface area contributed by atoms with Crippen LogP contribution in [0.4, 0.5) is 10.5 Å². The van der Waals surface area contributed by atoms with Crippen LogP contribution >= 0.6 is 0 Å². The molecule has 1 aliphatic heterocycles. The molecule has 6 heteroatoms. The number of anilines is 1. The maximum atomic E-state index is 12.1. The number of carbonyl (C=O) groups excluding carboxylic acids is 2. The van der Waals surface area contributed by atoms with E-state index in [9.17, 15) is 9.59 Å². The van der Waals surface area contributed by atoms with Crippen molar-refractivity contribution in [2.24, 2.45) is 0 Å². The Hall–Kier alpha value is -2.24. The maximum Gasteiger partial charge on any atom is 0.316 e. The van der Waals surface area contributed by atoms with E-state index < -0.39 is 0 Å². The average molecular weight is 276 g/mol. The molecule has 1 atom stereocenters. The summed E-state index contributed by atoms with van der Waals surface area (Å²) in [4.78, 5) is 24.9. The van der Waals surface area contributed by atoms with E-state index in [1.165, 1.54) is 4.90 Å². The zero-order valence-corrected chi connectivity index (χ0v) is 11.8. The summed E-state index contributed by atoms with van der Waals surface area (Å²) >= 11 is 0. The van der Waals surface area contributed by atoms with Crippen LogP contribution < -0.4 is 16.0 Å². The fourth-order valence-corrected chi connectivity index (χ4v) is 2.15. The van der Waals surface area contributed by atoms with Crippen LogP contribution in [0, 0.1) is 0 Å². The SMILES string of the molecule is CN(C)C(=O)NCCNC(=O)C1CNc2ccccc21. The van der Waals surface area contributed by atoms with E-state index in [4.69, 9.17) is 0 Å². The van der Waals surface area contributed by atoms with E-state index in [0.29, 0.717) is 19.6 Å². The average Bonchev–Trinajstić information content (AvgIpc) is 2.87. The van der Waals surface area contributed by atoms with Gasteiger partial charge in [0, 0.05) is 39.4 Å². The van der Waals surface area contributed by atoms with Crippen molar-refractivity contribution >= 4 is 17.6 Å². The van der Waals surface area contributed by atoms with Gasteiger partial charge >= 0.3 is 6.03 Å². The Morgan fingerprint density at radius 3 is 2.70 bits per heavy atom. The zero-order chi connectivity index (χ0) is 14.5. The first-order valence-electron chi connectivity index (χ1n) is 6.65. The molecule has 2 rings (SSSR count). The fourth-order valence-electron chi connectivity index (χ4n) is 2.15. The van der Waals surface area contributed by atoms with Crippen LogP contribution in [-0.2, 0) is 4.79 Å². The van der Waals surface area contributed by atoms with Gasteiger partial charge in [0.2, 0.25) is 5.91 Å². The Balaban J connectivity index is 1.78. The van der Waals surface area contributed by atoms with Gasteiger partial charge in [-0.3, -0.25) is 4.79 Å². The summed E-state index contributed by atoms with van der Waals surface area (Å²) in [7, 11) is 3.35. The second-order valence-corrected chi connectivity index (χ2v) is 4.94. The molecule has 0 aromatic heterocycles. The molecule has 1 aliphatic rings. The van der Waals surface area contributed by atoms with E-state index in [2.05, 4.69) is 16.0 Å². The Kier molecular flexibility index (Phi) is 4.45. The molecule has 0 fully saturated rings. The molecule has 3 amide bonds. The van der Waals surface area contributed by atoms with E-state index in [1.807, 2.05) is 24.3 Å². The highest BCUT2D eigenvalue weighted by atomic mass is 16.2. The summed E-state index contributed by atoms with van der Waals surface area (Å²) in [5.41, 5.74) is 2.05. The summed E-state index contributed by atoms with van der Waals surface area (Å²) in [6.07, 6.45) is 0. The molecule has 0 aliphatic carbocycles. The van der Waals surface area contributed by atoms with Gasteiger partial charge in [-0.25, -0.2) is 4.79 Å². The number of para-hydroxylation sites is 1. The first-order chi connectivity index (χ1) is 9.59. The lowest BCUT2D eigenvalue weighted by Crippen LogP contribution is -2.40. The van der Waals surface area contributed by atoms with Crippen LogP contribution in [0.25, 0.3) is 0 Å². The van der Waals surface area contributed by atoms with Gasteiger partial charge in [-0.15, -0.1) is 0 Å². The summed E-state index contributed by atoms with van der Waals surface area (Å²) < 4.78 is 0. The zero-order valence-electron chi connectivity index (χ0n) is 11.8. The Morgan fingerprint density at radius 1 is 1.25 bits per heavy atom. The number of hydrogen-bond acceptors (Lipinski definition) is 3. The molecule has 3 N–H and O–H groups in total. The number of hydrogen-bond donors (Lipinski definition) is 3.